The van der Waals surface area contributed by atoms with Gasteiger partial charge in [-0.1, -0.05) is 35.9 Å². The largest absolute Gasteiger partial charge is 0.310 e. The van der Waals surface area contributed by atoms with Crippen molar-refractivity contribution in [2.24, 2.45) is 0 Å². The van der Waals surface area contributed by atoms with Gasteiger partial charge in [0.2, 0.25) is 5.91 Å². The Hall–Kier alpha value is -2.32. The molecule has 0 spiro atoms. The van der Waals surface area contributed by atoms with Crippen LogP contribution in [0.5, 0.6) is 0 Å². The van der Waals surface area contributed by atoms with Crippen molar-refractivity contribution in [3.63, 3.8) is 0 Å². The van der Waals surface area contributed by atoms with Gasteiger partial charge in [0.25, 0.3) is 0 Å². The summed E-state index contributed by atoms with van der Waals surface area (Å²) < 4.78 is 0. The molecule has 1 fully saturated rings. The van der Waals surface area contributed by atoms with E-state index in [0.29, 0.717) is 10.8 Å². The molecule has 0 bridgehead atoms. The van der Waals surface area contributed by atoms with Crippen LogP contribution >= 0.6 is 22.9 Å². The van der Waals surface area contributed by atoms with Gasteiger partial charge in [-0.15, -0.1) is 11.3 Å². The van der Waals surface area contributed by atoms with E-state index in [0.717, 1.165) is 49.0 Å². The highest BCUT2D eigenvalue weighted by molar-refractivity contribution is 7.13. The van der Waals surface area contributed by atoms with E-state index in [1.807, 2.05) is 5.38 Å². The zero-order valence-corrected chi connectivity index (χ0v) is 18.4. The van der Waals surface area contributed by atoms with Gasteiger partial charge in [0.15, 0.2) is 0 Å². The molecular formula is C22H24ClN5OS. The third-order valence-corrected chi connectivity index (χ3v) is 6.26. The number of piperazine rings is 1. The maximum absolute atomic E-state index is 12.2. The molecule has 1 N–H and O–H groups in total. The fourth-order valence-electron chi connectivity index (χ4n) is 3.34. The molecule has 1 saturated heterocycles. The molecule has 0 unspecified atom stereocenters. The van der Waals surface area contributed by atoms with Gasteiger partial charge >= 0.3 is 0 Å². The Kier molecular flexibility index (Phi) is 6.74. The molecule has 6 nitrogen and oxygen atoms in total. The number of hydrogen-bond donors (Lipinski definition) is 1. The summed E-state index contributed by atoms with van der Waals surface area (Å²) in [5.41, 5.74) is 3.14. The van der Waals surface area contributed by atoms with Crippen molar-refractivity contribution in [1.29, 1.82) is 0 Å². The Balaban J connectivity index is 1.33. The van der Waals surface area contributed by atoms with Crippen LogP contribution < -0.4 is 5.32 Å². The van der Waals surface area contributed by atoms with Gasteiger partial charge < -0.3 is 10.2 Å². The molecule has 3 heterocycles. The Labute approximate surface area is 185 Å². The van der Waals surface area contributed by atoms with Gasteiger partial charge in [0.1, 0.15) is 10.8 Å². The van der Waals surface area contributed by atoms with Crippen LogP contribution in [0.2, 0.25) is 5.02 Å². The summed E-state index contributed by atoms with van der Waals surface area (Å²) in [4.78, 5) is 25.8. The number of amides is 1. The number of nitrogens with zero attached hydrogens (tertiary/aromatic N) is 4. The minimum Gasteiger partial charge on any atom is -0.310 e. The van der Waals surface area contributed by atoms with Crippen molar-refractivity contribution in [2.75, 3.05) is 38.5 Å². The summed E-state index contributed by atoms with van der Waals surface area (Å²) in [6.07, 6.45) is 1.72. The minimum atomic E-state index is -0.149. The smallest absolute Gasteiger partial charge is 0.231 e. The molecule has 1 aliphatic heterocycles. The highest BCUT2D eigenvalue weighted by Crippen LogP contribution is 2.25. The molecule has 8 heteroatoms. The van der Waals surface area contributed by atoms with Crippen LogP contribution in [0, 0.1) is 0 Å². The molecule has 4 rings (SSSR count). The number of carbonyl (C=O) groups excluding carboxylic acids is 1. The van der Waals surface area contributed by atoms with Crippen LogP contribution in [-0.4, -0.2) is 58.9 Å². The minimum absolute atomic E-state index is 0.149. The fraction of sp³-hybridized carbons (Fsp3) is 0.318. The number of carbonyl (C=O) groups is 1. The number of benzene rings is 1. The molecule has 0 aliphatic carbocycles. The van der Waals surface area contributed by atoms with Crippen molar-refractivity contribution >= 4 is 34.7 Å². The van der Waals surface area contributed by atoms with Crippen molar-refractivity contribution in [2.45, 2.75) is 13.0 Å². The summed E-state index contributed by atoms with van der Waals surface area (Å²) >= 11 is 7.37. The lowest BCUT2D eigenvalue weighted by molar-refractivity contribution is -0.115. The van der Waals surface area contributed by atoms with Crippen LogP contribution in [0.15, 0.2) is 48.0 Å². The van der Waals surface area contributed by atoms with Gasteiger partial charge in [0.05, 0.1) is 17.1 Å². The van der Waals surface area contributed by atoms with E-state index in [4.69, 9.17) is 11.6 Å². The summed E-state index contributed by atoms with van der Waals surface area (Å²) in [7, 11) is 2.17. The average Bonchev–Trinajstić information content (AvgIpc) is 3.20. The summed E-state index contributed by atoms with van der Waals surface area (Å²) in [5, 5.41) is 6.16. The van der Waals surface area contributed by atoms with E-state index in [1.165, 1.54) is 11.8 Å². The number of anilines is 1. The van der Waals surface area contributed by atoms with E-state index >= 15 is 0 Å². The van der Waals surface area contributed by atoms with Gasteiger partial charge in [-0.05, 0) is 24.7 Å². The second kappa shape index (κ2) is 9.66. The number of likely N-dealkylation sites (N-methyl/N-ethyl adjacent to an activating group) is 1. The molecule has 0 radical (unpaired) electrons. The average molecular weight is 442 g/mol. The Morgan fingerprint density at radius 2 is 1.90 bits per heavy atom. The maximum atomic E-state index is 12.2. The lowest BCUT2D eigenvalue weighted by Gasteiger charge is -2.32. The Bertz CT molecular complexity index is 982. The maximum Gasteiger partial charge on any atom is 0.231 e. The predicted molar refractivity (Wildman–Crippen MR) is 122 cm³/mol. The van der Waals surface area contributed by atoms with E-state index in [2.05, 4.69) is 56.4 Å². The topological polar surface area (TPSA) is 61.4 Å². The Morgan fingerprint density at radius 3 is 2.60 bits per heavy atom. The zero-order valence-electron chi connectivity index (χ0n) is 16.8. The first-order valence-corrected chi connectivity index (χ1v) is 11.2. The second-order valence-electron chi connectivity index (χ2n) is 7.51. The summed E-state index contributed by atoms with van der Waals surface area (Å²) in [5.74, 6) is 0.333. The summed E-state index contributed by atoms with van der Waals surface area (Å²) in [6, 6.07) is 12.0. The fourth-order valence-corrected chi connectivity index (χ4v) is 4.28. The van der Waals surface area contributed by atoms with Gasteiger partial charge in [-0.2, -0.15) is 0 Å². The molecule has 0 atom stereocenters. The first kappa shape index (κ1) is 20.9. The van der Waals surface area contributed by atoms with E-state index < -0.39 is 0 Å². The van der Waals surface area contributed by atoms with Crippen LogP contribution in [0.1, 0.15) is 11.3 Å². The predicted octanol–water partition coefficient (Wildman–Crippen LogP) is 3.79. The number of pyridine rings is 1. The van der Waals surface area contributed by atoms with Crippen LogP contribution in [-0.2, 0) is 17.8 Å². The van der Waals surface area contributed by atoms with Gasteiger partial charge in [0, 0.05) is 49.9 Å². The molecule has 0 saturated carbocycles. The monoisotopic (exact) mass is 441 g/mol. The highest BCUT2D eigenvalue weighted by atomic mass is 35.5. The number of hydrogen-bond acceptors (Lipinski definition) is 6. The zero-order chi connectivity index (χ0) is 20.9. The van der Waals surface area contributed by atoms with Crippen molar-refractivity contribution in [1.82, 2.24) is 19.8 Å². The molecule has 2 aromatic heterocycles. The number of halogens is 1. The number of nitrogens with one attached hydrogen (secondary N) is 1. The lowest BCUT2D eigenvalue weighted by Crippen LogP contribution is -2.43. The van der Waals surface area contributed by atoms with Crippen LogP contribution in [0.4, 0.5) is 5.82 Å². The normalized spacial score (nSPS) is 15.3. The van der Waals surface area contributed by atoms with E-state index in [9.17, 15) is 4.79 Å². The molecule has 3 aromatic rings. The van der Waals surface area contributed by atoms with Crippen molar-refractivity contribution in [3.05, 3.63) is 64.3 Å². The van der Waals surface area contributed by atoms with Crippen LogP contribution in [0.3, 0.4) is 0 Å². The van der Waals surface area contributed by atoms with E-state index in [-0.39, 0.29) is 12.3 Å². The number of aromatic nitrogens is 2. The number of rotatable bonds is 6. The molecular weight excluding hydrogens is 418 g/mol. The molecule has 156 valence electrons. The first-order valence-electron chi connectivity index (χ1n) is 9.91. The van der Waals surface area contributed by atoms with Crippen molar-refractivity contribution < 1.29 is 4.79 Å². The van der Waals surface area contributed by atoms with Crippen LogP contribution in [0.25, 0.3) is 10.6 Å². The highest BCUT2D eigenvalue weighted by Gasteiger charge is 2.14. The van der Waals surface area contributed by atoms with E-state index in [1.54, 1.807) is 23.5 Å². The quantitative estimate of drug-likeness (QED) is 0.630. The van der Waals surface area contributed by atoms with Crippen molar-refractivity contribution in [3.8, 4) is 10.6 Å². The lowest BCUT2D eigenvalue weighted by atomic mass is 10.1. The second-order valence-corrected chi connectivity index (χ2v) is 8.80. The third kappa shape index (κ3) is 5.64. The number of thiazole rings is 1. The first-order chi connectivity index (χ1) is 14.5. The SMILES string of the molecule is CN1CCN(Cc2ccc(-c3nc(CC(=O)Nc4ccc(Cl)cn4)cs3)cc2)CC1. The summed E-state index contributed by atoms with van der Waals surface area (Å²) in [6.45, 7) is 5.46. The molecule has 1 amide bonds. The third-order valence-electron chi connectivity index (χ3n) is 5.09. The van der Waals surface area contributed by atoms with Gasteiger partial charge in [-0.25, -0.2) is 9.97 Å². The Morgan fingerprint density at radius 1 is 1.13 bits per heavy atom. The van der Waals surface area contributed by atoms with Gasteiger partial charge in [-0.3, -0.25) is 9.69 Å². The molecule has 1 aliphatic rings. The molecule has 30 heavy (non-hydrogen) atoms. The standard InChI is InChI=1S/C22H24ClN5OS/c1-27-8-10-28(11-9-27)14-16-2-4-17(5-3-16)22-25-19(15-30-22)12-21(29)26-20-7-6-18(23)13-24-20/h2-7,13,15H,8-12,14H2,1H3,(H,24,26,29). The molecule has 1 aromatic carbocycles.